The molecule has 0 radical (unpaired) electrons. The van der Waals surface area contributed by atoms with Gasteiger partial charge in [0.1, 0.15) is 5.54 Å². The second-order valence-corrected chi connectivity index (χ2v) is 3.53. The summed E-state index contributed by atoms with van der Waals surface area (Å²) in [4.78, 5) is 11.1. The first-order valence-electron chi connectivity index (χ1n) is 4.55. The highest BCUT2D eigenvalue weighted by Crippen LogP contribution is 2.22. The largest absolute Gasteiger partial charge is 0.401 e. The smallest absolute Gasteiger partial charge is 0.381 e. The van der Waals surface area contributed by atoms with E-state index in [0.717, 1.165) is 0 Å². The number of nitrogens with two attached hydrogens (primary N) is 1. The molecule has 0 spiro atoms. The molecule has 1 aliphatic heterocycles. The second-order valence-electron chi connectivity index (χ2n) is 3.53. The van der Waals surface area contributed by atoms with Crippen molar-refractivity contribution in [1.82, 2.24) is 5.32 Å². The minimum atomic E-state index is -4.35. The van der Waals surface area contributed by atoms with E-state index in [2.05, 4.69) is 5.32 Å². The molecule has 0 atom stereocenters. The Bertz CT molecular complexity index is 237. The number of hydrogen-bond donors (Lipinski definition) is 2. The van der Waals surface area contributed by atoms with Crippen LogP contribution < -0.4 is 11.1 Å². The molecule has 0 aromatic carbocycles. The molecule has 0 aromatic rings. The van der Waals surface area contributed by atoms with Crippen LogP contribution >= 0.6 is 0 Å². The normalized spacial score (nSPS) is 21.3. The van der Waals surface area contributed by atoms with Crippen molar-refractivity contribution in [3.05, 3.63) is 0 Å². The highest BCUT2D eigenvalue weighted by Gasteiger charge is 2.41. The van der Waals surface area contributed by atoms with E-state index in [9.17, 15) is 18.0 Å². The molecule has 1 fully saturated rings. The van der Waals surface area contributed by atoms with Gasteiger partial charge in [-0.2, -0.15) is 13.2 Å². The lowest BCUT2D eigenvalue weighted by atomic mass is 9.89. The molecule has 4 nitrogen and oxygen atoms in total. The van der Waals surface area contributed by atoms with Crippen LogP contribution in [0.5, 0.6) is 0 Å². The monoisotopic (exact) mass is 226 g/mol. The van der Waals surface area contributed by atoms with Gasteiger partial charge < -0.3 is 10.5 Å². The Kier molecular flexibility index (Phi) is 3.56. The minimum absolute atomic E-state index is 0.179. The third kappa shape index (κ3) is 3.35. The lowest BCUT2D eigenvalue weighted by Gasteiger charge is -2.35. The predicted octanol–water partition coefficient (Wildman–Crippen LogP) is 0.173. The predicted molar refractivity (Wildman–Crippen MR) is 46.0 cm³/mol. The Morgan fingerprint density at radius 1 is 1.40 bits per heavy atom. The molecule has 7 heteroatoms. The van der Waals surface area contributed by atoms with Gasteiger partial charge in [-0.25, -0.2) is 0 Å². The summed E-state index contributed by atoms with van der Waals surface area (Å²) in [5.74, 6) is -0.755. The zero-order valence-electron chi connectivity index (χ0n) is 8.06. The SMILES string of the molecule is NC(=O)C1(NCC(F)(F)F)CCOCC1. The number of rotatable bonds is 3. The van der Waals surface area contributed by atoms with Crippen LogP contribution in [-0.2, 0) is 9.53 Å². The molecule has 15 heavy (non-hydrogen) atoms. The van der Waals surface area contributed by atoms with Gasteiger partial charge in [-0.3, -0.25) is 10.1 Å². The number of halogens is 3. The van der Waals surface area contributed by atoms with Gasteiger partial charge in [0.25, 0.3) is 0 Å². The van der Waals surface area contributed by atoms with Crippen molar-refractivity contribution in [2.75, 3.05) is 19.8 Å². The maximum Gasteiger partial charge on any atom is 0.401 e. The van der Waals surface area contributed by atoms with Crippen LogP contribution in [0.25, 0.3) is 0 Å². The molecule has 1 rings (SSSR count). The van der Waals surface area contributed by atoms with Gasteiger partial charge >= 0.3 is 6.18 Å². The zero-order valence-corrected chi connectivity index (χ0v) is 8.06. The maximum absolute atomic E-state index is 12.0. The third-order valence-electron chi connectivity index (χ3n) is 2.45. The number of ether oxygens (including phenoxy) is 1. The number of carbonyl (C=O) groups excluding carboxylic acids is 1. The van der Waals surface area contributed by atoms with Crippen LogP contribution in [0.3, 0.4) is 0 Å². The molecule has 0 bridgehead atoms. The molecule has 88 valence electrons. The van der Waals surface area contributed by atoms with Gasteiger partial charge in [0.2, 0.25) is 5.91 Å². The molecule has 1 heterocycles. The fraction of sp³-hybridized carbons (Fsp3) is 0.875. The molecule has 1 aliphatic rings. The van der Waals surface area contributed by atoms with Crippen molar-refractivity contribution >= 4 is 5.91 Å². The first-order valence-corrected chi connectivity index (χ1v) is 4.55. The van der Waals surface area contributed by atoms with Crippen LogP contribution in [0.15, 0.2) is 0 Å². The topological polar surface area (TPSA) is 64.4 Å². The first-order chi connectivity index (χ1) is 6.86. The average molecular weight is 226 g/mol. The summed E-state index contributed by atoms with van der Waals surface area (Å²) < 4.78 is 41.0. The number of amides is 1. The quantitative estimate of drug-likeness (QED) is 0.721. The maximum atomic E-state index is 12.0. The van der Waals surface area contributed by atoms with Crippen LogP contribution in [0.1, 0.15) is 12.8 Å². The van der Waals surface area contributed by atoms with E-state index in [1.807, 2.05) is 0 Å². The molecular formula is C8H13F3N2O2. The van der Waals surface area contributed by atoms with E-state index in [1.165, 1.54) is 0 Å². The van der Waals surface area contributed by atoms with Gasteiger partial charge in [-0.1, -0.05) is 0 Å². The van der Waals surface area contributed by atoms with Gasteiger partial charge in [0.05, 0.1) is 6.54 Å². The minimum Gasteiger partial charge on any atom is -0.381 e. The van der Waals surface area contributed by atoms with Crippen molar-refractivity contribution in [1.29, 1.82) is 0 Å². The van der Waals surface area contributed by atoms with Crippen LogP contribution in [0.4, 0.5) is 13.2 Å². The van der Waals surface area contributed by atoms with Gasteiger partial charge in [-0.05, 0) is 12.8 Å². The number of carbonyl (C=O) groups is 1. The van der Waals surface area contributed by atoms with Crippen LogP contribution in [-0.4, -0.2) is 37.4 Å². The third-order valence-corrected chi connectivity index (χ3v) is 2.45. The highest BCUT2D eigenvalue weighted by atomic mass is 19.4. The van der Waals surface area contributed by atoms with Crippen LogP contribution in [0.2, 0.25) is 0 Å². The molecule has 1 amide bonds. The standard InChI is InChI=1S/C8H13F3N2O2/c9-8(10,11)5-13-7(6(12)14)1-3-15-4-2-7/h13H,1-5H2,(H2,12,14). The molecule has 0 unspecified atom stereocenters. The molecule has 0 saturated carbocycles. The second kappa shape index (κ2) is 4.36. The summed E-state index contributed by atoms with van der Waals surface area (Å²) in [5, 5.41) is 2.19. The molecule has 1 saturated heterocycles. The number of nitrogens with one attached hydrogen (secondary N) is 1. The summed E-state index contributed by atoms with van der Waals surface area (Å²) in [7, 11) is 0. The summed E-state index contributed by atoms with van der Waals surface area (Å²) in [6.07, 6.45) is -3.99. The summed E-state index contributed by atoms with van der Waals surface area (Å²) in [6.45, 7) is -0.725. The van der Waals surface area contributed by atoms with Crippen molar-refractivity contribution < 1.29 is 22.7 Å². The summed E-state index contributed by atoms with van der Waals surface area (Å²) in [5.41, 5.74) is 3.84. The van der Waals surface area contributed by atoms with Crippen molar-refractivity contribution in [2.24, 2.45) is 5.73 Å². The van der Waals surface area contributed by atoms with E-state index < -0.39 is 24.2 Å². The van der Waals surface area contributed by atoms with Crippen molar-refractivity contribution in [3.8, 4) is 0 Å². The number of primary amides is 1. The Balaban J connectivity index is 2.61. The number of hydrogen-bond acceptors (Lipinski definition) is 3. The Hall–Kier alpha value is -0.820. The molecule has 3 N–H and O–H groups in total. The van der Waals surface area contributed by atoms with E-state index in [4.69, 9.17) is 10.5 Å². The zero-order chi connectivity index (χ0) is 11.5. The van der Waals surface area contributed by atoms with Gasteiger partial charge in [0.15, 0.2) is 0 Å². The number of alkyl halides is 3. The van der Waals surface area contributed by atoms with Crippen LogP contribution in [0, 0.1) is 0 Å². The fourth-order valence-electron chi connectivity index (χ4n) is 1.50. The highest BCUT2D eigenvalue weighted by molar-refractivity contribution is 5.84. The van der Waals surface area contributed by atoms with E-state index in [1.54, 1.807) is 0 Å². The van der Waals surface area contributed by atoms with Crippen molar-refractivity contribution in [3.63, 3.8) is 0 Å². The van der Waals surface area contributed by atoms with Crippen molar-refractivity contribution in [2.45, 2.75) is 24.6 Å². The lowest BCUT2D eigenvalue weighted by Crippen LogP contribution is -2.60. The Morgan fingerprint density at radius 2 is 1.93 bits per heavy atom. The molecule has 0 aliphatic carbocycles. The summed E-state index contributed by atoms with van der Waals surface area (Å²) >= 11 is 0. The summed E-state index contributed by atoms with van der Waals surface area (Å²) in [6, 6.07) is 0. The molecular weight excluding hydrogens is 213 g/mol. The Labute approximate surface area is 84.9 Å². The van der Waals surface area contributed by atoms with Gasteiger partial charge in [-0.15, -0.1) is 0 Å². The van der Waals surface area contributed by atoms with E-state index >= 15 is 0 Å². The average Bonchev–Trinajstić information content (AvgIpc) is 2.15. The van der Waals surface area contributed by atoms with Gasteiger partial charge in [0, 0.05) is 13.2 Å². The first kappa shape index (κ1) is 12.3. The lowest BCUT2D eigenvalue weighted by molar-refractivity contribution is -0.140. The van der Waals surface area contributed by atoms with E-state index in [0.29, 0.717) is 0 Å². The fourth-order valence-corrected chi connectivity index (χ4v) is 1.50. The molecule has 0 aromatic heterocycles. The Morgan fingerprint density at radius 3 is 2.33 bits per heavy atom. The van der Waals surface area contributed by atoms with E-state index in [-0.39, 0.29) is 26.1 Å².